The largest absolute Gasteiger partial charge is 0.348 e. The number of carbonyl (C=O) groups excluding carboxylic acids is 1. The summed E-state index contributed by atoms with van der Waals surface area (Å²) in [4.78, 5) is 12.2. The quantitative estimate of drug-likeness (QED) is 0.901. The lowest BCUT2D eigenvalue weighted by Crippen LogP contribution is -2.43. The number of hydrogen-bond donors (Lipinski definition) is 1. The smallest absolute Gasteiger partial charge is 0.238 e. The van der Waals surface area contributed by atoms with E-state index >= 15 is 0 Å². The molecule has 20 heavy (non-hydrogen) atoms. The van der Waals surface area contributed by atoms with Crippen LogP contribution in [0.3, 0.4) is 0 Å². The first-order chi connectivity index (χ1) is 9.40. The number of sulfone groups is 1. The molecule has 1 aromatic carbocycles. The second-order valence-electron chi connectivity index (χ2n) is 5.13. The van der Waals surface area contributed by atoms with Gasteiger partial charge in [0.2, 0.25) is 5.91 Å². The van der Waals surface area contributed by atoms with Gasteiger partial charge in [-0.25, -0.2) is 8.42 Å². The number of halogens is 1. The molecule has 6 heteroatoms. The summed E-state index contributed by atoms with van der Waals surface area (Å²) in [7, 11) is -3.28. The molecule has 0 saturated carbocycles. The van der Waals surface area contributed by atoms with Gasteiger partial charge in [-0.2, -0.15) is 0 Å². The van der Waals surface area contributed by atoms with Crippen LogP contribution in [0.5, 0.6) is 0 Å². The second-order valence-corrected chi connectivity index (χ2v) is 8.35. The van der Waals surface area contributed by atoms with E-state index in [0.717, 1.165) is 16.5 Å². The summed E-state index contributed by atoms with van der Waals surface area (Å²) in [6.45, 7) is 1.86. The lowest BCUT2D eigenvalue weighted by atomic mass is 10.1. The van der Waals surface area contributed by atoms with E-state index in [9.17, 15) is 13.2 Å². The summed E-state index contributed by atoms with van der Waals surface area (Å²) in [6.07, 6.45) is 1.89. The molecule has 1 heterocycles. The fourth-order valence-corrected chi connectivity index (χ4v) is 4.47. The van der Waals surface area contributed by atoms with Crippen molar-refractivity contribution in [3.05, 3.63) is 34.3 Å². The Morgan fingerprint density at radius 1 is 1.30 bits per heavy atom. The predicted molar refractivity (Wildman–Crippen MR) is 82.1 cm³/mol. The van der Waals surface area contributed by atoms with Crippen LogP contribution in [0.25, 0.3) is 0 Å². The Bertz CT molecular complexity index is 583. The van der Waals surface area contributed by atoms with Crippen LogP contribution < -0.4 is 5.32 Å². The normalized spacial score (nSPS) is 23.0. The molecular formula is C14H18BrNO3S. The third-order valence-corrected chi connectivity index (χ3v) is 6.30. The standard InChI is InChI=1S/C14H18BrNO3S/c1-10(11-5-7-12(15)8-6-11)16-14(17)13-4-2-3-9-20(13,18)19/h5-8,10,13H,2-4,9H2,1H3,(H,16,17). The highest BCUT2D eigenvalue weighted by Crippen LogP contribution is 2.22. The molecule has 1 N–H and O–H groups in total. The van der Waals surface area contributed by atoms with Gasteiger partial charge >= 0.3 is 0 Å². The zero-order valence-corrected chi connectivity index (χ0v) is 13.7. The van der Waals surface area contributed by atoms with E-state index in [-0.39, 0.29) is 17.7 Å². The van der Waals surface area contributed by atoms with Crippen molar-refractivity contribution in [1.82, 2.24) is 5.32 Å². The van der Waals surface area contributed by atoms with Gasteiger partial charge in [0.25, 0.3) is 0 Å². The maximum Gasteiger partial charge on any atom is 0.238 e. The van der Waals surface area contributed by atoms with Crippen LogP contribution in [0.2, 0.25) is 0 Å². The number of nitrogens with one attached hydrogen (secondary N) is 1. The third-order valence-electron chi connectivity index (χ3n) is 3.60. The van der Waals surface area contributed by atoms with Gasteiger partial charge in [-0.05, 0) is 37.5 Å². The van der Waals surface area contributed by atoms with Crippen molar-refractivity contribution in [1.29, 1.82) is 0 Å². The van der Waals surface area contributed by atoms with Gasteiger partial charge in [-0.1, -0.05) is 34.5 Å². The molecule has 0 spiro atoms. The van der Waals surface area contributed by atoms with Gasteiger partial charge in [-0.3, -0.25) is 4.79 Å². The third kappa shape index (κ3) is 3.61. The maximum absolute atomic E-state index is 12.2. The minimum Gasteiger partial charge on any atom is -0.348 e. The number of hydrogen-bond acceptors (Lipinski definition) is 3. The minimum atomic E-state index is -3.28. The van der Waals surface area contributed by atoms with Gasteiger partial charge in [0, 0.05) is 4.47 Å². The molecule has 110 valence electrons. The minimum absolute atomic E-state index is 0.123. The second kappa shape index (κ2) is 6.26. The summed E-state index contributed by atoms with van der Waals surface area (Å²) in [5.41, 5.74) is 0.953. The zero-order valence-electron chi connectivity index (χ0n) is 11.3. The van der Waals surface area contributed by atoms with Crippen molar-refractivity contribution in [2.45, 2.75) is 37.5 Å². The van der Waals surface area contributed by atoms with Crippen LogP contribution >= 0.6 is 15.9 Å². The van der Waals surface area contributed by atoms with Crippen molar-refractivity contribution in [3.63, 3.8) is 0 Å². The molecule has 1 aliphatic heterocycles. The molecule has 0 radical (unpaired) electrons. The topological polar surface area (TPSA) is 63.2 Å². The van der Waals surface area contributed by atoms with Crippen molar-refractivity contribution in [2.24, 2.45) is 0 Å². The number of amides is 1. The highest BCUT2D eigenvalue weighted by Gasteiger charge is 2.35. The van der Waals surface area contributed by atoms with E-state index in [2.05, 4.69) is 21.2 Å². The van der Waals surface area contributed by atoms with Gasteiger partial charge < -0.3 is 5.32 Å². The van der Waals surface area contributed by atoms with Crippen molar-refractivity contribution >= 4 is 31.7 Å². The van der Waals surface area contributed by atoms with Gasteiger partial charge in [0.1, 0.15) is 5.25 Å². The number of benzene rings is 1. The van der Waals surface area contributed by atoms with Crippen LogP contribution in [0.1, 0.15) is 37.8 Å². The van der Waals surface area contributed by atoms with E-state index in [1.54, 1.807) is 0 Å². The molecule has 1 aromatic rings. The molecule has 1 fully saturated rings. The van der Waals surface area contributed by atoms with E-state index in [1.807, 2.05) is 31.2 Å². The monoisotopic (exact) mass is 359 g/mol. The SMILES string of the molecule is CC(NC(=O)C1CCCCS1(=O)=O)c1ccc(Br)cc1. The fraction of sp³-hybridized carbons (Fsp3) is 0.500. The molecule has 2 unspecified atom stereocenters. The highest BCUT2D eigenvalue weighted by atomic mass is 79.9. The summed E-state index contributed by atoms with van der Waals surface area (Å²) in [5.74, 6) is -0.252. The summed E-state index contributed by atoms with van der Waals surface area (Å²) in [5, 5.41) is 1.93. The maximum atomic E-state index is 12.2. The number of carbonyl (C=O) groups is 1. The lowest BCUT2D eigenvalue weighted by molar-refractivity contribution is -0.121. The van der Waals surface area contributed by atoms with E-state index in [4.69, 9.17) is 0 Å². The molecule has 1 saturated heterocycles. The zero-order chi connectivity index (χ0) is 14.8. The molecule has 0 bridgehead atoms. The average molecular weight is 360 g/mol. The first-order valence-electron chi connectivity index (χ1n) is 6.67. The van der Waals surface area contributed by atoms with E-state index < -0.39 is 15.1 Å². The first-order valence-corrected chi connectivity index (χ1v) is 9.18. The fourth-order valence-electron chi connectivity index (χ4n) is 2.39. The van der Waals surface area contributed by atoms with E-state index in [0.29, 0.717) is 12.8 Å². The molecule has 1 aliphatic rings. The Morgan fingerprint density at radius 3 is 2.55 bits per heavy atom. The first kappa shape index (κ1) is 15.5. The lowest BCUT2D eigenvalue weighted by Gasteiger charge is -2.23. The highest BCUT2D eigenvalue weighted by molar-refractivity contribution is 9.10. The van der Waals surface area contributed by atoms with Crippen LogP contribution in [0.15, 0.2) is 28.7 Å². The Balaban J connectivity index is 2.05. The average Bonchev–Trinajstić information content (AvgIpc) is 2.38. The van der Waals surface area contributed by atoms with Gasteiger partial charge in [0.15, 0.2) is 9.84 Å². The van der Waals surface area contributed by atoms with Crippen LogP contribution in [-0.4, -0.2) is 25.3 Å². The molecular weight excluding hydrogens is 342 g/mol. The Labute approximate surface area is 128 Å². The summed E-state index contributed by atoms with van der Waals surface area (Å²) in [6, 6.07) is 7.41. The molecule has 2 atom stereocenters. The van der Waals surface area contributed by atoms with Gasteiger partial charge in [0.05, 0.1) is 11.8 Å². The van der Waals surface area contributed by atoms with Crippen molar-refractivity contribution in [3.8, 4) is 0 Å². The molecule has 0 aliphatic carbocycles. The summed E-state index contributed by atoms with van der Waals surface area (Å²) >= 11 is 3.36. The molecule has 2 rings (SSSR count). The van der Waals surface area contributed by atoms with Crippen molar-refractivity contribution < 1.29 is 13.2 Å². The van der Waals surface area contributed by atoms with Crippen molar-refractivity contribution in [2.75, 3.05) is 5.75 Å². The summed E-state index contributed by atoms with van der Waals surface area (Å²) < 4.78 is 24.8. The Kier molecular flexibility index (Phi) is 4.86. The van der Waals surface area contributed by atoms with Crippen LogP contribution in [-0.2, 0) is 14.6 Å². The van der Waals surface area contributed by atoms with Crippen LogP contribution in [0.4, 0.5) is 0 Å². The van der Waals surface area contributed by atoms with Crippen LogP contribution in [0, 0.1) is 0 Å². The molecule has 4 nitrogen and oxygen atoms in total. The Morgan fingerprint density at radius 2 is 1.95 bits per heavy atom. The number of rotatable bonds is 3. The predicted octanol–water partition coefficient (Wildman–Crippen LogP) is 2.59. The molecule has 0 aromatic heterocycles. The van der Waals surface area contributed by atoms with E-state index in [1.165, 1.54) is 0 Å². The molecule has 1 amide bonds. The van der Waals surface area contributed by atoms with Gasteiger partial charge in [-0.15, -0.1) is 0 Å². The Hall–Kier alpha value is -0.880.